The average molecular weight is 857 g/mol. The van der Waals surface area contributed by atoms with Crippen LogP contribution in [0.3, 0.4) is 0 Å². The largest absolute Gasteiger partial charge is 0.494 e. The Hall–Kier alpha value is -6.56. The number of hydrogen-bond acceptors (Lipinski definition) is 10. The van der Waals surface area contributed by atoms with E-state index in [9.17, 15) is 14.4 Å². The maximum Gasteiger partial charge on any atom is 0.260 e. The van der Waals surface area contributed by atoms with Gasteiger partial charge in [-0.1, -0.05) is 38.1 Å². The summed E-state index contributed by atoms with van der Waals surface area (Å²) >= 11 is 0. The molecule has 12 nitrogen and oxygen atoms in total. The highest BCUT2D eigenvalue weighted by molar-refractivity contribution is 6.02. The molecule has 0 bridgehead atoms. The number of amides is 2. The number of methoxy groups -OCH3 is 2. The minimum Gasteiger partial charge on any atom is -0.494 e. The van der Waals surface area contributed by atoms with Gasteiger partial charge >= 0.3 is 0 Å². The lowest BCUT2D eigenvalue weighted by molar-refractivity contribution is -0.117. The Labute approximate surface area is 371 Å². The van der Waals surface area contributed by atoms with Gasteiger partial charge < -0.3 is 43.6 Å². The Bertz CT molecular complexity index is 2370. The quantitative estimate of drug-likeness (QED) is 0.0557. The number of nitrogens with zero attached hydrogens (tertiary/aromatic N) is 3. The number of aliphatic imine (C=N–C) groups is 1. The predicted molar refractivity (Wildman–Crippen MR) is 248 cm³/mol. The molecule has 1 N–H and O–H groups in total. The van der Waals surface area contributed by atoms with Crippen LogP contribution < -0.4 is 33.9 Å². The molecule has 0 spiro atoms. The highest BCUT2D eigenvalue weighted by Crippen LogP contribution is 2.39. The van der Waals surface area contributed by atoms with Crippen LogP contribution in [0.2, 0.25) is 0 Å². The fourth-order valence-electron chi connectivity index (χ4n) is 8.06. The minimum atomic E-state index is -0.202. The second kappa shape index (κ2) is 22.0. The van der Waals surface area contributed by atoms with Gasteiger partial charge in [0.2, 0.25) is 6.41 Å². The number of fused-ring (bicyclic) bond motifs is 1. The summed E-state index contributed by atoms with van der Waals surface area (Å²) < 4.78 is 30.5. The van der Waals surface area contributed by atoms with Crippen molar-refractivity contribution in [2.75, 3.05) is 44.6 Å². The lowest BCUT2D eigenvalue weighted by atomic mass is 10.0. The topological polar surface area (TPSA) is 128 Å². The summed E-state index contributed by atoms with van der Waals surface area (Å²) in [6.45, 7) is 9.00. The molecule has 0 radical (unpaired) electrons. The summed E-state index contributed by atoms with van der Waals surface area (Å²) in [6.07, 6.45) is 12.4. The SMILES string of the molecule is CC.CNc1cc(OCc2cc(COc3cc(N=CC4Cc5ccccc5N4C=O)c(C)cc3OC)cc(OCCCCC(C)=O)c2)c(OC)cc1C(=O)N1CCC2=C1C=CCC2. The molecule has 0 saturated carbocycles. The highest BCUT2D eigenvalue weighted by Gasteiger charge is 2.30. The van der Waals surface area contributed by atoms with E-state index in [0.717, 1.165) is 72.2 Å². The lowest BCUT2D eigenvalue weighted by Gasteiger charge is -2.23. The molecule has 3 aliphatic rings. The number of allylic oxidation sites excluding steroid dienone is 2. The average Bonchev–Trinajstić information content (AvgIpc) is 3.91. The van der Waals surface area contributed by atoms with E-state index in [1.807, 2.05) is 86.5 Å². The molecule has 1 atom stereocenters. The predicted octanol–water partition coefficient (Wildman–Crippen LogP) is 10.1. The third kappa shape index (κ3) is 11.1. The maximum atomic E-state index is 13.9. The van der Waals surface area contributed by atoms with Gasteiger partial charge in [0.05, 0.1) is 43.8 Å². The molecule has 2 heterocycles. The van der Waals surface area contributed by atoms with Gasteiger partial charge in [-0.25, -0.2) is 0 Å². The minimum absolute atomic E-state index is 0.0861. The van der Waals surface area contributed by atoms with Gasteiger partial charge in [-0.15, -0.1) is 0 Å². The third-order valence-corrected chi connectivity index (χ3v) is 11.3. The molecule has 2 amide bonds. The maximum absolute atomic E-state index is 13.9. The van der Waals surface area contributed by atoms with Crippen LogP contribution in [0.4, 0.5) is 17.1 Å². The van der Waals surface area contributed by atoms with Crippen LogP contribution in [0.15, 0.2) is 95.1 Å². The Kier molecular flexibility index (Phi) is 16.0. The van der Waals surface area contributed by atoms with Gasteiger partial charge in [0.25, 0.3) is 5.91 Å². The molecular weight excluding hydrogens is 797 g/mol. The van der Waals surface area contributed by atoms with Gasteiger partial charge in [0.1, 0.15) is 24.7 Å². The molecule has 7 rings (SSSR count). The number of carbonyl (C=O) groups is 3. The van der Waals surface area contributed by atoms with E-state index in [-0.39, 0.29) is 30.9 Å². The van der Waals surface area contributed by atoms with Crippen LogP contribution in [0.25, 0.3) is 0 Å². The zero-order chi connectivity index (χ0) is 44.9. The molecule has 4 aromatic carbocycles. The molecule has 2 aliphatic heterocycles. The van der Waals surface area contributed by atoms with Crippen molar-refractivity contribution in [2.24, 2.45) is 4.99 Å². The van der Waals surface area contributed by atoms with Gasteiger partial charge in [-0.3, -0.25) is 14.6 Å². The fraction of sp³-hybridized carbons (Fsp3) is 0.373. The molecule has 332 valence electrons. The molecule has 1 aliphatic carbocycles. The summed E-state index contributed by atoms with van der Waals surface area (Å²) in [7, 11) is 4.95. The van der Waals surface area contributed by atoms with Crippen molar-refractivity contribution < 1.29 is 38.1 Å². The number of benzene rings is 4. The number of Topliss-reactive ketones (excluding diaryl/α,β-unsaturated/α-hetero) is 1. The number of carbonyl (C=O) groups excluding carboxylic acids is 3. The van der Waals surface area contributed by atoms with Crippen LogP contribution in [-0.4, -0.2) is 69.7 Å². The van der Waals surface area contributed by atoms with Crippen LogP contribution in [-0.2, 0) is 29.2 Å². The van der Waals surface area contributed by atoms with Crippen LogP contribution in [0.1, 0.15) is 91.9 Å². The van der Waals surface area contributed by atoms with E-state index in [1.54, 1.807) is 45.2 Å². The van der Waals surface area contributed by atoms with E-state index >= 15 is 0 Å². The molecule has 0 fully saturated rings. The number of aryl methyl sites for hydroxylation is 1. The van der Waals surface area contributed by atoms with Crippen molar-refractivity contribution in [3.8, 4) is 28.7 Å². The number of unbranched alkanes of at least 4 members (excludes halogenated alkanes) is 1. The van der Waals surface area contributed by atoms with Crippen molar-refractivity contribution in [1.82, 2.24) is 4.90 Å². The van der Waals surface area contributed by atoms with Gasteiger partial charge in [-0.2, -0.15) is 0 Å². The van der Waals surface area contributed by atoms with E-state index in [2.05, 4.69) is 17.5 Å². The van der Waals surface area contributed by atoms with E-state index in [1.165, 1.54) is 5.57 Å². The van der Waals surface area contributed by atoms with Crippen molar-refractivity contribution in [3.05, 3.63) is 118 Å². The summed E-state index contributed by atoms with van der Waals surface area (Å²) in [5.74, 6) is 2.70. The van der Waals surface area contributed by atoms with E-state index in [4.69, 9.17) is 28.7 Å². The number of ketones is 1. The standard InChI is InChI=1S/C49H54N4O8.C2H6/c1-32-20-45(57-4)47(26-41(32)51-28-38-24-37-14-7-9-16-44(37)53(38)31-54)60-29-34-21-35(23-39(22-34)59-19-11-10-12-33(2)55)30-61-48-27-42(50-3)40(25-46(48)58-5)49(56)52-18-17-36-13-6-8-15-43(36)52;1-2/h7-9,14-16,20-23,25-28,31,38,50H,6,10-13,17-19,24,29-30H2,1-5H3;1-2H3. The summed E-state index contributed by atoms with van der Waals surface area (Å²) in [5.41, 5.74) is 8.73. The third-order valence-electron chi connectivity index (χ3n) is 11.3. The molecule has 1 unspecified atom stereocenters. The molecule has 63 heavy (non-hydrogen) atoms. The molecule has 0 aromatic heterocycles. The highest BCUT2D eigenvalue weighted by atomic mass is 16.5. The Morgan fingerprint density at radius 2 is 1.59 bits per heavy atom. The first kappa shape index (κ1) is 46.0. The fourth-order valence-corrected chi connectivity index (χ4v) is 8.06. The normalized spacial score (nSPS) is 15.1. The number of hydrogen-bond donors (Lipinski definition) is 1. The van der Waals surface area contributed by atoms with Crippen molar-refractivity contribution in [3.63, 3.8) is 0 Å². The van der Waals surface area contributed by atoms with E-state index in [0.29, 0.717) is 71.7 Å². The van der Waals surface area contributed by atoms with Crippen LogP contribution >= 0.6 is 0 Å². The molecule has 0 saturated heterocycles. The lowest BCUT2D eigenvalue weighted by Crippen LogP contribution is -2.31. The Balaban J connectivity index is 0.00000326. The number of nitrogens with one attached hydrogen (secondary N) is 1. The van der Waals surface area contributed by atoms with Crippen molar-refractivity contribution in [2.45, 2.75) is 91.9 Å². The summed E-state index contributed by atoms with van der Waals surface area (Å²) in [4.78, 5) is 45.8. The summed E-state index contributed by atoms with van der Waals surface area (Å²) in [6, 6.07) is 20.8. The van der Waals surface area contributed by atoms with Crippen molar-refractivity contribution in [1.29, 1.82) is 0 Å². The smallest absolute Gasteiger partial charge is 0.260 e. The second-order valence-electron chi connectivity index (χ2n) is 15.5. The van der Waals surface area contributed by atoms with Crippen LogP contribution in [0, 0.1) is 6.92 Å². The Morgan fingerprint density at radius 3 is 2.29 bits per heavy atom. The number of rotatable bonds is 19. The number of para-hydroxylation sites is 1. The van der Waals surface area contributed by atoms with Gasteiger partial charge in [-0.05, 0) is 116 Å². The van der Waals surface area contributed by atoms with Crippen LogP contribution in [0.5, 0.6) is 28.7 Å². The Morgan fingerprint density at radius 1 is 0.873 bits per heavy atom. The first-order valence-electron chi connectivity index (χ1n) is 21.8. The number of ether oxygens (including phenoxy) is 5. The molecule has 4 aromatic rings. The monoisotopic (exact) mass is 856 g/mol. The second-order valence-corrected chi connectivity index (χ2v) is 15.5. The van der Waals surface area contributed by atoms with Gasteiger partial charge in [0, 0.05) is 56.2 Å². The zero-order valence-corrected chi connectivity index (χ0v) is 37.6. The zero-order valence-electron chi connectivity index (χ0n) is 37.6. The number of anilines is 2. The summed E-state index contributed by atoms with van der Waals surface area (Å²) in [5, 5.41) is 3.19. The van der Waals surface area contributed by atoms with Crippen molar-refractivity contribution >= 4 is 41.4 Å². The van der Waals surface area contributed by atoms with Gasteiger partial charge in [0.15, 0.2) is 23.0 Å². The first-order valence-corrected chi connectivity index (χ1v) is 21.8. The molecular formula is C51H60N4O8. The van der Waals surface area contributed by atoms with E-state index < -0.39 is 0 Å². The first-order chi connectivity index (χ1) is 30.7. The molecule has 12 heteroatoms.